The van der Waals surface area contributed by atoms with E-state index in [2.05, 4.69) is 10.6 Å². The van der Waals surface area contributed by atoms with Gasteiger partial charge in [-0.15, -0.1) is 0 Å². The van der Waals surface area contributed by atoms with E-state index in [-0.39, 0.29) is 30.9 Å². The molecule has 34 heavy (non-hydrogen) atoms. The molecule has 2 fully saturated rings. The highest BCUT2D eigenvalue weighted by Crippen LogP contribution is 2.39. The molecule has 4 amide bonds. The Hall–Kier alpha value is -3.39. The van der Waals surface area contributed by atoms with Crippen molar-refractivity contribution in [2.24, 2.45) is 0 Å². The lowest BCUT2D eigenvalue weighted by molar-refractivity contribution is -0.136. The molecule has 5 rings (SSSR count). The third kappa shape index (κ3) is 4.50. The van der Waals surface area contributed by atoms with Crippen molar-refractivity contribution >= 4 is 35.4 Å². The van der Waals surface area contributed by atoms with Gasteiger partial charge in [-0.05, 0) is 60.1 Å². The van der Waals surface area contributed by atoms with Crippen LogP contribution in [0, 0.1) is 0 Å². The topological polar surface area (TPSA) is 105 Å². The van der Waals surface area contributed by atoms with E-state index in [1.165, 1.54) is 4.90 Å². The number of piperidine rings is 1. The summed E-state index contributed by atoms with van der Waals surface area (Å²) in [4.78, 5) is 50.2. The standard InChI is InChI=1S/C25H24ClN3O5/c26-18-3-1-2-15(9-18)17-10-19(11-17)34-25(33)27-12-14-4-5-16-13-29(24(32)20(16)8-14)21-6-7-22(30)28-23(21)31/h1-5,8-9,17,19,21H,6-7,10-13H2,(H,27,33)(H,28,30,31). The number of carbonyl (C=O) groups excluding carboxylic acids is 4. The number of ether oxygens (including phenoxy) is 1. The second-order valence-corrected chi connectivity index (χ2v) is 9.43. The van der Waals surface area contributed by atoms with E-state index in [4.69, 9.17) is 16.3 Å². The van der Waals surface area contributed by atoms with E-state index in [0.29, 0.717) is 29.5 Å². The van der Waals surface area contributed by atoms with Gasteiger partial charge in [0.1, 0.15) is 12.1 Å². The van der Waals surface area contributed by atoms with E-state index in [1.807, 2.05) is 36.4 Å². The van der Waals surface area contributed by atoms with Crippen LogP contribution in [0.1, 0.15) is 58.6 Å². The minimum atomic E-state index is -0.646. The number of hydrogen-bond acceptors (Lipinski definition) is 5. The van der Waals surface area contributed by atoms with Crippen LogP contribution in [0.4, 0.5) is 4.79 Å². The smallest absolute Gasteiger partial charge is 0.407 e. The maximum absolute atomic E-state index is 12.9. The molecule has 1 atom stereocenters. The molecule has 8 nitrogen and oxygen atoms in total. The van der Waals surface area contributed by atoms with Crippen molar-refractivity contribution in [3.8, 4) is 0 Å². The number of fused-ring (bicyclic) bond motifs is 1. The number of nitrogens with zero attached hydrogens (tertiary/aromatic N) is 1. The minimum Gasteiger partial charge on any atom is -0.446 e. The molecule has 0 spiro atoms. The van der Waals surface area contributed by atoms with Gasteiger partial charge in [-0.2, -0.15) is 0 Å². The van der Waals surface area contributed by atoms with Gasteiger partial charge < -0.3 is 15.0 Å². The summed E-state index contributed by atoms with van der Waals surface area (Å²) in [5, 5.41) is 5.75. The van der Waals surface area contributed by atoms with Crippen LogP contribution in [0.3, 0.4) is 0 Å². The van der Waals surface area contributed by atoms with E-state index >= 15 is 0 Å². The molecule has 1 saturated heterocycles. The van der Waals surface area contributed by atoms with Crippen LogP contribution in [0.2, 0.25) is 5.02 Å². The Bertz CT molecular complexity index is 1180. The zero-order valence-corrected chi connectivity index (χ0v) is 19.1. The molecule has 0 bridgehead atoms. The SMILES string of the molecule is O=C1CCC(N2Cc3ccc(CNC(=O)OC4CC(c5cccc(Cl)c5)C4)cc3C2=O)C(=O)N1. The van der Waals surface area contributed by atoms with Crippen LogP contribution >= 0.6 is 11.6 Å². The second-order valence-electron chi connectivity index (χ2n) is 9.00. The zero-order valence-electron chi connectivity index (χ0n) is 18.4. The predicted octanol–water partition coefficient (Wildman–Crippen LogP) is 3.27. The van der Waals surface area contributed by atoms with Gasteiger partial charge in [0.25, 0.3) is 5.91 Å². The molecule has 2 heterocycles. The summed E-state index contributed by atoms with van der Waals surface area (Å²) >= 11 is 6.04. The fourth-order valence-corrected chi connectivity index (χ4v) is 4.97. The molecule has 1 aliphatic carbocycles. The van der Waals surface area contributed by atoms with E-state index in [9.17, 15) is 19.2 Å². The minimum absolute atomic E-state index is 0.132. The van der Waals surface area contributed by atoms with Crippen molar-refractivity contribution in [3.05, 3.63) is 69.7 Å². The van der Waals surface area contributed by atoms with Crippen molar-refractivity contribution in [1.29, 1.82) is 0 Å². The zero-order chi connectivity index (χ0) is 23.8. The molecule has 2 N–H and O–H groups in total. The number of alkyl carbamates (subject to hydrolysis) is 1. The number of carbonyl (C=O) groups is 4. The van der Waals surface area contributed by atoms with Gasteiger partial charge in [-0.1, -0.05) is 35.9 Å². The Balaban J connectivity index is 1.12. The largest absolute Gasteiger partial charge is 0.446 e. The highest BCUT2D eigenvalue weighted by atomic mass is 35.5. The van der Waals surface area contributed by atoms with Crippen LogP contribution in [-0.4, -0.2) is 40.9 Å². The number of rotatable bonds is 5. The number of halogens is 1. The third-order valence-electron chi connectivity index (χ3n) is 6.72. The molecule has 1 saturated carbocycles. The Morgan fingerprint density at radius 2 is 1.97 bits per heavy atom. The molecular formula is C25H24ClN3O5. The van der Waals surface area contributed by atoms with Crippen LogP contribution < -0.4 is 10.6 Å². The second kappa shape index (κ2) is 9.10. The van der Waals surface area contributed by atoms with Gasteiger partial charge in [-0.25, -0.2) is 4.79 Å². The van der Waals surface area contributed by atoms with Gasteiger partial charge in [0.05, 0.1) is 0 Å². The Labute approximate surface area is 201 Å². The normalized spacial score (nSPS) is 23.7. The van der Waals surface area contributed by atoms with Crippen molar-refractivity contribution in [3.63, 3.8) is 0 Å². The first kappa shape index (κ1) is 22.4. The summed E-state index contributed by atoms with van der Waals surface area (Å²) in [5.41, 5.74) is 3.25. The van der Waals surface area contributed by atoms with Crippen LogP contribution in [-0.2, 0) is 27.4 Å². The average molecular weight is 482 g/mol. The maximum atomic E-state index is 12.9. The fraction of sp³-hybridized carbons (Fsp3) is 0.360. The highest BCUT2D eigenvalue weighted by molar-refractivity contribution is 6.30. The Morgan fingerprint density at radius 3 is 2.74 bits per heavy atom. The maximum Gasteiger partial charge on any atom is 0.407 e. The quantitative estimate of drug-likeness (QED) is 0.638. The predicted molar refractivity (Wildman–Crippen MR) is 123 cm³/mol. The molecule has 2 aromatic carbocycles. The van der Waals surface area contributed by atoms with Crippen molar-refractivity contribution in [2.75, 3.05) is 0 Å². The summed E-state index contributed by atoms with van der Waals surface area (Å²) in [6.45, 7) is 0.550. The van der Waals surface area contributed by atoms with Gasteiger partial charge in [0.15, 0.2) is 0 Å². The highest BCUT2D eigenvalue weighted by Gasteiger charge is 2.39. The van der Waals surface area contributed by atoms with Gasteiger partial charge in [0.2, 0.25) is 11.8 Å². The lowest BCUT2D eigenvalue weighted by Gasteiger charge is -2.35. The first-order valence-corrected chi connectivity index (χ1v) is 11.7. The summed E-state index contributed by atoms with van der Waals surface area (Å²) in [7, 11) is 0. The molecule has 176 valence electrons. The Morgan fingerprint density at radius 1 is 1.15 bits per heavy atom. The van der Waals surface area contributed by atoms with Crippen molar-refractivity contribution in [2.45, 2.75) is 56.8 Å². The molecule has 9 heteroatoms. The summed E-state index contributed by atoms with van der Waals surface area (Å²) in [6, 6.07) is 12.5. The molecule has 2 aromatic rings. The molecular weight excluding hydrogens is 458 g/mol. The first-order chi connectivity index (χ1) is 16.4. The lowest BCUT2D eigenvalue weighted by Crippen LogP contribution is -2.52. The van der Waals surface area contributed by atoms with E-state index in [0.717, 1.165) is 29.5 Å². The van der Waals surface area contributed by atoms with Gasteiger partial charge in [-0.3, -0.25) is 19.7 Å². The number of hydrogen-bond donors (Lipinski definition) is 2. The van der Waals surface area contributed by atoms with E-state index in [1.54, 1.807) is 6.07 Å². The first-order valence-electron chi connectivity index (χ1n) is 11.3. The molecule has 2 aliphatic heterocycles. The summed E-state index contributed by atoms with van der Waals surface area (Å²) < 4.78 is 5.49. The van der Waals surface area contributed by atoms with Gasteiger partial charge in [0, 0.05) is 30.1 Å². The van der Waals surface area contributed by atoms with Gasteiger partial charge >= 0.3 is 6.09 Å². The summed E-state index contributed by atoms with van der Waals surface area (Å²) in [6.07, 6.45) is 1.44. The number of imide groups is 1. The fourth-order valence-electron chi connectivity index (χ4n) is 4.77. The molecule has 0 aromatic heterocycles. The van der Waals surface area contributed by atoms with E-state index < -0.39 is 18.0 Å². The van der Waals surface area contributed by atoms with Crippen molar-refractivity contribution < 1.29 is 23.9 Å². The number of benzene rings is 2. The monoisotopic (exact) mass is 481 g/mol. The Kier molecular flexibility index (Phi) is 6.00. The average Bonchev–Trinajstić information content (AvgIpc) is 3.10. The summed E-state index contributed by atoms with van der Waals surface area (Å²) in [5.74, 6) is -0.648. The molecule has 1 unspecified atom stereocenters. The number of nitrogens with one attached hydrogen (secondary N) is 2. The van der Waals surface area contributed by atoms with Crippen LogP contribution in [0.5, 0.6) is 0 Å². The molecule has 0 radical (unpaired) electrons. The lowest BCUT2D eigenvalue weighted by atomic mass is 9.77. The van der Waals surface area contributed by atoms with Crippen molar-refractivity contribution in [1.82, 2.24) is 15.5 Å². The molecule has 3 aliphatic rings. The van der Waals surface area contributed by atoms with Crippen LogP contribution in [0.15, 0.2) is 42.5 Å². The van der Waals surface area contributed by atoms with Crippen LogP contribution in [0.25, 0.3) is 0 Å². The third-order valence-corrected chi connectivity index (χ3v) is 6.95. The number of amides is 4.